The van der Waals surface area contributed by atoms with Crippen LogP contribution in [-0.2, 0) is 4.79 Å². The second-order valence-electron chi connectivity index (χ2n) is 4.63. The minimum Gasteiger partial charge on any atom is -0.508 e. The van der Waals surface area contributed by atoms with Crippen molar-refractivity contribution in [3.05, 3.63) is 35.9 Å². The molecule has 1 amide bonds. The maximum Gasteiger partial charge on any atom is 0.246 e. The van der Waals surface area contributed by atoms with E-state index in [0.717, 1.165) is 5.56 Å². The van der Waals surface area contributed by atoms with Crippen LogP contribution in [-0.4, -0.2) is 40.2 Å². The quantitative estimate of drug-likeness (QED) is 0.772. The lowest BCUT2D eigenvalue weighted by Gasteiger charge is -2.25. The number of phenolic OH excluding ortho intramolecular Hbond substituents is 1. The van der Waals surface area contributed by atoms with Gasteiger partial charge in [0, 0.05) is 25.3 Å². The molecule has 1 rings (SSSR count). The smallest absolute Gasteiger partial charge is 0.246 e. The van der Waals surface area contributed by atoms with Crippen LogP contribution < -0.4 is 0 Å². The van der Waals surface area contributed by atoms with E-state index in [1.807, 2.05) is 13.8 Å². The molecule has 0 atom stereocenters. The van der Waals surface area contributed by atoms with Crippen LogP contribution in [0.5, 0.6) is 5.75 Å². The lowest BCUT2D eigenvalue weighted by molar-refractivity contribution is -0.127. The van der Waals surface area contributed by atoms with Crippen molar-refractivity contribution in [1.29, 1.82) is 0 Å². The molecule has 4 heteroatoms. The molecule has 0 aliphatic heterocycles. The highest BCUT2D eigenvalue weighted by Gasteiger charge is 2.13. The summed E-state index contributed by atoms with van der Waals surface area (Å²) in [7, 11) is 0. The van der Waals surface area contributed by atoms with E-state index in [1.165, 1.54) is 6.08 Å². The lowest BCUT2D eigenvalue weighted by atomic mass is 10.2. The van der Waals surface area contributed by atoms with Gasteiger partial charge in [-0.2, -0.15) is 0 Å². The molecule has 0 aromatic heterocycles. The van der Waals surface area contributed by atoms with E-state index in [-0.39, 0.29) is 24.3 Å². The molecule has 1 aromatic carbocycles. The first-order chi connectivity index (χ1) is 9.04. The number of phenols is 1. The Hall–Kier alpha value is -1.81. The molecule has 0 aliphatic rings. The SMILES string of the molecule is CC(C)N(CCCO)C(=O)/C=C/c1ccc(O)cc1. The van der Waals surface area contributed by atoms with Crippen LogP contribution in [0.2, 0.25) is 0 Å². The van der Waals surface area contributed by atoms with E-state index in [1.54, 1.807) is 35.2 Å². The molecule has 1 aromatic rings. The van der Waals surface area contributed by atoms with Crippen molar-refractivity contribution in [2.24, 2.45) is 0 Å². The molecule has 0 unspecified atom stereocenters. The Labute approximate surface area is 114 Å². The predicted octanol–water partition coefficient (Wildman–Crippen LogP) is 2.02. The fourth-order valence-electron chi connectivity index (χ4n) is 1.71. The van der Waals surface area contributed by atoms with Gasteiger partial charge in [-0.25, -0.2) is 0 Å². The number of aliphatic hydroxyl groups excluding tert-OH is 1. The van der Waals surface area contributed by atoms with Gasteiger partial charge in [0.15, 0.2) is 0 Å². The number of aliphatic hydroxyl groups is 1. The van der Waals surface area contributed by atoms with Gasteiger partial charge in [0.05, 0.1) is 0 Å². The third-order valence-electron chi connectivity index (χ3n) is 2.78. The molecule has 0 saturated carbocycles. The molecule has 104 valence electrons. The van der Waals surface area contributed by atoms with Crippen LogP contribution >= 0.6 is 0 Å². The van der Waals surface area contributed by atoms with Crippen molar-refractivity contribution >= 4 is 12.0 Å². The van der Waals surface area contributed by atoms with Gasteiger partial charge in [-0.1, -0.05) is 12.1 Å². The first kappa shape index (κ1) is 15.2. The fraction of sp³-hybridized carbons (Fsp3) is 0.400. The average molecular weight is 263 g/mol. The Morgan fingerprint density at radius 1 is 1.32 bits per heavy atom. The standard InChI is InChI=1S/C15H21NO3/c1-12(2)16(10-3-11-17)15(19)9-6-13-4-7-14(18)8-5-13/h4-9,12,17-18H,3,10-11H2,1-2H3/b9-6+. The summed E-state index contributed by atoms with van der Waals surface area (Å²) >= 11 is 0. The van der Waals surface area contributed by atoms with Crippen LogP contribution in [0.15, 0.2) is 30.3 Å². The summed E-state index contributed by atoms with van der Waals surface area (Å²) in [6.07, 6.45) is 3.82. The highest BCUT2D eigenvalue weighted by Crippen LogP contribution is 2.11. The van der Waals surface area contributed by atoms with E-state index in [2.05, 4.69) is 0 Å². The summed E-state index contributed by atoms with van der Waals surface area (Å²) in [5.41, 5.74) is 0.858. The maximum atomic E-state index is 12.0. The summed E-state index contributed by atoms with van der Waals surface area (Å²) in [5.74, 6) is 0.131. The number of hydrogen-bond acceptors (Lipinski definition) is 3. The van der Waals surface area contributed by atoms with Crippen LogP contribution in [0, 0.1) is 0 Å². The van der Waals surface area contributed by atoms with E-state index < -0.39 is 0 Å². The number of hydrogen-bond donors (Lipinski definition) is 2. The number of aromatic hydroxyl groups is 1. The average Bonchev–Trinajstić information content (AvgIpc) is 2.38. The van der Waals surface area contributed by atoms with Crippen LogP contribution in [0.3, 0.4) is 0 Å². The molecule has 4 nitrogen and oxygen atoms in total. The van der Waals surface area contributed by atoms with Crippen molar-refractivity contribution in [3.8, 4) is 5.75 Å². The van der Waals surface area contributed by atoms with Crippen LogP contribution in [0.4, 0.5) is 0 Å². The molecule has 0 fully saturated rings. The zero-order chi connectivity index (χ0) is 14.3. The van der Waals surface area contributed by atoms with Crippen LogP contribution in [0.1, 0.15) is 25.8 Å². The minimum absolute atomic E-state index is 0.0727. The number of amides is 1. The molecular weight excluding hydrogens is 242 g/mol. The van der Waals surface area contributed by atoms with Crippen molar-refractivity contribution in [2.75, 3.05) is 13.2 Å². The van der Waals surface area contributed by atoms with Crippen molar-refractivity contribution in [1.82, 2.24) is 4.90 Å². The van der Waals surface area contributed by atoms with Crippen LogP contribution in [0.25, 0.3) is 6.08 Å². The van der Waals surface area contributed by atoms with Crippen molar-refractivity contribution < 1.29 is 15.0 Å². The zero-order valence-electron chi connectivity index (χ0n) is 11.4. The number of rotatable bonds is 6. The van der Waals surface area contributed by atoms with E-state index in [9.17, 15) is 4.79 Å². The van der Waals surface area contributed by atoms with Gasteiger partial charge in [-0.3, -0.25) is 4.79 Å². The molecule has 0 saturated heterocycles. The number of carbonyl (C=O) groups is 1. The highest BCUT2D eigenvalue weighted by molar-refractivity contribution is 5.92. The molecule has 2 N–H and O–H groups in total. The van der Waals surface area contributed by atoms with Gasteiger partial charge < -0.3 is 15.1 Å². The second-order valence-corrected chi connectivity index (χ2v) is 4.63. The number of benzene rings is 1. The van der Waals surface area contributed by atoms with Crippen molar-refractivity contribution in [3.63, 3.8) is 0 Å². The Balaban J connectivity index is 2.67. The Kier molecular flexibility index (Phi) is 6.09. The molecule has 0 bridgehead atoms. The lowest BCUT2D eigenvalue weighted by Crippen LogP contribution is -2.36. The molecule has 19 heavy (non-hydrogen) atoms. The third-order valence-corrected chi connectivity index (χ3v) is 2.78. The minimum atomic E-state index is -0.0727. The number of nitrogens with zero attached hydrogens (tertiary/aromatic N) is 1. The summed E-state index contributed by atoms with van der Waals surface area (Å²) in [6, 6.07) is 6.74. The summed E-state index contributed by atoms with van der Waals surface area (Å²) in [5, 5.41) is 18.0. The largest absolute Gasteiger partial charge is 0.508 e. The van der Waals surface area contributed by atoms with Gasteiger partial charge in [0.25, 0.3) is 0 Å². The topological polar surface area (TPSA) is 60.8 Å². The van der Waals surface area contributed by atoms with E-state index in [4.69, 9.17) is 10.2 Å². The van der Waals surface area contributed by atoms with E-state index >= 15 is 0 Å². The first-order valence-corrected chi connectivity index (χ1v) is 6.43. The summed E-state index contributed by atoms with van der Waals surface area (Å²) < 4.78 is 0. The molecule has 0 spiro atoms. The highest BCUT2D eigenvalue weighted by atomic mass is 16.3. The monoisotopic (exact) mass is 263 g/mol. The van der Waals surface area contributed by atoms with Gasteiger partial charge in [-0.05, 0) is 44.0 Å². The second kappa shape index (κ2) is 7.59. The predicted molar refractivity (Wildman–Crippen MR) is 75.7 cm³/mol. The normalized spacial score (nSPS) is 11.2. The van der Waals surface area contributed by atoms with Gasteiger partial charge in [-0.15, -0.1) is 0 Å². The third kappa shape index (κ3) is 5.14. The maximum absolute atomic E-state index is 12.0. The van der Waals surface area contributed by atoms with E-state index in [0.29, 0.717) is 13.0 Å². The van der Waals surface area contributed by atoms with Gasteiger partial charge in [0.2, 0.25) is 5.91 Å². The van der Waals surface area contributed by atoms with Gasteiger partial charge in [0.1, 0.15) is 5.75 Å². The molecule has 0 heterocycles. The zero-order valence-corrected chi connectivity index (χ0v) is 11.4. The fourth-order valence-corrected chi connectivity index (χ4v) is 1.71. The summed E-state index contributed by atoms with van der Waals surface area (Å²) in [4.78, 5) is 13.8. The Morgan fingerprint density at radius 2 is 1.95 bits per heavy atom. The Morgan fingerprint density at radius 3 is 2.47 bits per heavy atom. The molecule has 0 aliphatic carbocycles. The van der Waals surface area contributed by atoms with Crippen molar-refractivity contribution in [2.45, 2.75) is 26.3 Å². The first-order valence-electron chi connectivity index (χ1n) is 6.43. The summed E-state index contributed by atoms with van der Waals surface area (Å²) in [6.45, 7) is 4.53. The number of carbonyl (C=O) groups excluding carboxylic acids is 1. The van der Waals surface area contributed by atoms with Gasteiger partial charge >= 0.3 is 0 Å². The molecule has 0 radical (unpaired) electrons. The Bertz CT molecular complexity index is 424. The molecular formula is C15H21NO3.